The molecule has 4 fully saturated rings. The van der Waals surface area contributed by atoms with Crippen molar-refractivity contribution in [2.24, 2.45) is 29.6 Å². The van der Waals surface area contributed by atoms with E-state index >= 15 is 0 Å². The van der Waals surface area contributed by atoms with Crippen LogP contribution in [0.3, 0.4) is 0 Å². The van der Waals surface area contributed by atoms with Gasteiger partial charge in [0, 0.05) is 0 Å². The van der Waals surface area contributed by atoms with Gasteiger partial charge in [0.05, 0.1) is 6.10 Å². The van der Waals surface area contributed by atoms with Crippen LogP contribution in [0.25, 0.3) is 6.08 Å². The lowest BCUT2D eigenvalue weighted by molar-refractivity contribution is -0.0880. The van der Waals surface area contributed by atoms with E-state index < -0.39 is 0 Å². The first-order chi connectivity index (χ1) is 10.3. The molecule has 4 bridgehead atoms. The van der Waals surface area contributed by atoms with Gasteiger partial charge in [0.25, 0.3) is 0 Å². The van der Waals surface area contributed by atoms with Crippen molar-refractivity contribution in [3.8, 4) is 0 Å². The fraction of sp³-hybridized carbons (Fsp3) is 0.600. The van der Waals surface area contributed by atoms with Gasteiger partial charge in [-0.05, 0) is 73.7 Å². The largest absolute Gasteiger partial charge is 0.392 e. The number of aliphatic hydroxyl groups excluding tert-OH is 1. The Hall–Kier alpha value is -1.08. The summed E-state index contributed by atoms with van der Waals surface area (Å²) in [5.74, 6) is 4.22. The molecule has 1 atom stereocenters. The molecule has 0 spiro atoms. The van der Waals surface area contributed by atoms with Gasteiger partial charge in [0.15, 0.2) is 0 Å². The number of rotatable bonds is 4. The average Bonchev–Trinajstić information content (AvgIpc) is 2.47. The van der Waals surface area contributed by atoms with Gasteiger partial charge in [-0.3, -0.25) is 0 Å². The number of hydrogen-bond donors (Lipinski definition) is 1. The molecule has 0 heterocycles. The minimum Gasteiger partial charge on any atom is -0.392 e. The Balaban J connectivity index is 1.39. The van der Waals surface area contributed by atoms with Crippen molar-refractivity contribution in [3.63, 3.8) is 0 Å². The highest BCUT2D eigenvalue weighted by Crippen LogP contribution is 2.57. The topological polar surface area (TPSA) is 20.2 Å². The smallest absolute Gasteiger partial charge is 0.0608 e. The maximum absolute atomic E-state index is 10.7. The first-order valence-electron chi connectivity index (χ1n) is 8.69. The molecule has 1 N–H and O–H groups in total. The Labute approximate surface area is 128 Å². The summed E-state index contributed by atoms with van der Waals surface area (Å²) in [5.41, 5.74) is 1.23. The molecule has 1 aromatic carbocycles. The molecular weight excluding hydrogens is 256 g/mol. The lowest BCUT2D eigenvalue weighted by atomic mass is 9.50. The van der Waals surface area contributed by atoms with Crippen LogP contribution in [0.1, 0.15) is 44.1 Å². The molecule has 0 saturated heterocycles. The molecule has 4 saturated carbocycles. The van der Waals surface area contributed by atoms with Crippen LogP contribution in [-0.2, 0) is 0 Å². The minimum atomic E-state index is -0.125. The van der Waals surface area contributed by atoms with Gasteiger partial charge in [-0.2, -0.15) is 0 Å². The van der Waals surface area contributed by atoms with Crippen LogP contribution in [0, 0.1) is 29.6 Å². The number of aliphatic hydroxyl groups is 1. The van der Waals surface area contributed by atoms with Crippen molar-refractivity contribution in [1.82, 2.24) is 0 Å². The predicted molar refractivity (Wildman–Crippen MR) is 86.6 cm³/mol. The lowest BCUT2D eigenvalue weighted by Crippen LogP contribution is -2.49. The third kappa shape index (κ3) is 2.68. The van der Waals surface area contributed by atoms with Gasteiger partial charge in [-0.1, -0.05) is 42.5 Å². The van der Waals surface area contributed by atoms with Crippen LogP contribution >= 0.6 is 0 Å². The molecule has 4 aliphatic rings. The van der Waals surface area contributed by atoms with Crippen molar-refractivity contribution in [3.05, 3.63) is 42.0 Å². The zero-order chi connectivity index (χ0) is 14.2. The van der Waals surface area contributed by atoms with E-state index in [4.69, 9.17) is 0 Å². The van der Waals surface area contributed by atoms with E-state index in [-0.39, 0.29) is 6.10 Å². The maximum Gasteiger partial charge on any atom is 0.0608 e. The summed E-state index contributed by atoms with van der Waals surface area (Å²) in [7, 11) is 0. The molecular formula is C20H26O. The molecule has 0 unspecified atom stereocenters. The van der Waals surface area contributed by atoms with Gasteiger partial charge < -0.3 is 5.11 Å². The highest BCUT2D eigenvalue weighted by Gasteiger charge is 2.49. The molecule has 0 aromatic heterocycles. The molecule has 1 aromatic rings. The summed E-state index contributed by atoms with van der Waals surface area (Å²) < 4.78 is 0. The van der Waals surface area contributed by atoms with Gasteiger partial charge in [-0.15, -0.1) is 0 Å². The van der Waals surface area contributed by atoms with Gasteiger partial charge in [0.1, 0.15) is 0 Å². The molecule has 0 amide bonds. The van der Waals surface area contributed by atoms with Crippen molar-refractivity contribution < 1.29 is 5.11 Å². The second-order valence-corrected chi connectivity index (χ2v) is 7.62. The predicted octanol–water partition coefficient (Wildman–Crippen LogP) is 4.52. The SMILES string of the molecule is O[C@@H](CC=Cc1ccccc1)C1C2CC3CC(C2)CC1C3. The molecule has 4 aliphatic carbocycles. The van der Waals surface area contributed by atoms with Crippen LogP contribution in [-0.4, -0.2) is 11.2 Å². The summed E-state index contributed by atoms with van der Waals surface area (Å²) in [6, 6.07) is 10.4. The molecule has 21 heavy (non-hydrogen) atoms. The van der Waals surface area contributed by atoms with Crippen LogP contribution in [0.15, 0.2) is 36.4 Å². The van der Waals surface area contributed by atoms with E-state index in [9.17, 15) is 5.11 Å². The van der Waals surface area contributed by atoms with Gasteiger partial charge >= 0.3 is 0 Å². The summed E-state index contributed by atoms with van der Waals surface area (Å²) in [5, 5.41) is 10.7. The second kappa shape index (κ2) is 5.61. The highest BCUT2D eigenvalue weighted by atomic mass is 16.3. The van der Waals surface area contributed by atoms with Crippen LogP contribution < -0.4 is 0 Å². The van der Waals surface area contributed by atoms with E-state index in [1.807, 2.05) is 6.07 Å². The average molecular weight is 282 g/mol. The Morgan fingerprint density at radius 1 is 0.952 bits per heavy atom. The Morgan fingerprint density at radius 3 is 2.19 bits per heavy atom. The maximum atomic E-state index is 10.7. The quantitative estimate of drug-likeness (QED) is 0.860. The summed E-state index contributed by atoms with van der Waals surface area (Å²) in [6.07, 6.45) is 12.1. The monoisotopic (exact) mass is 282 g/mol. The van der Waals surface area contributed by atoms with Gasteiger partial charge in [0.2, 0.25) is 0 Å². The number of hydrogen-bond acceptors (Lipinski definition) is 1. The molecule has 1 nitrogen and oxygen atoms in total. The zero-order valence-electron chi connectivity index (χ0n) is 12.7. The molecule has 0 radical (unpaired) electrons. The third-order valence-corrected chi connectivity index (χ3v) is 6.23. The third-order valence-electron chi connectivity index (χ3n) is 6.23. The van der Waals surface area contributed by atoms with Crippen LogP contribution in [0.5, 0.6) is 0 Å². The summed E-state index contributed by atoms with van der Waals surface area (Å²) >= 11 is 0. The first-order valence-corrected chi connectivity index (χ1v) is 8.69. The second-order valence-electron chi connectivity index (χ2n) is 7.62. The molecule has 1 heteroatoms. The van der Waals surface area contributed by atoms with E-state index in [0.717, 1.165) is 30.1 Å². The Morgan fingerprint density at radius 2 is 1.57 bits per heavy atom. The van der Waals surface area contributed by atoms with Crippen molar-refractivity contribution in [1.29, 1.82) is 0 Å². The van der Waals surface area contributed by atoms with E-state index in [2.05, 4.69) is 36.4 Å². The standard InChI is InChI=1S/C20H26O/c21-19(8-4-7-14-5-2-1-3-6-14)20-17-10-15-9-16(12-17)13-18(20)11-15/h1-7,15-21H,8-13H2/t15?,16?,17?,18?,19-,20?/m0/s1. The fourth-order valence-corrected chi connectivity index (χ4v) is 5.66. The van der Waals surface area contributed by atoms with Crippen molar-refractivity contribution in [2.75, 3.05) is 0 Å². The summed E-state index contributed by atoms with van der Waals surface area (Å²) in [4.78, 5) is 0. The summed E-state index contributed by atoms with van der Waals surface area (Å²) in [6.45, 7) is 0. The number of benzene rings is 1. The zero-order valence-corrected chi connectivity index (χ0v) is 12.7. The van der Waals surface area contributed by atoms with Crippen molar-refractivity contribution in [2.45, 2.75) is 44.6 Å². The van der Waals surface area contributed by atoms with Crippen LogP contribution in [0.4, 0.5) is 0 Å². The Kier molecular flexibility index (Phi) is 3.62. The molecule has 112 valence electrons. The fourth-order valence-electron chi connectivity index (χ4n) is 5.66. The normalized spacial score (nSPS) is 39.0. The first kappa shape index (κ1) is 13.6. The lowest BCUT2D eigenvalue weighted by Gasteiger charge is -2.55. The van der Waals surface area contributed by atoms with Crippen LogP contribution in [0.2, 0.25) is 0 Å². The van der Waals surface area contributed by atoms with E-state index in [1.165, 1.54) is 37.7 Å². The minimum absolute atomic E-state index is 0.125. The van der Waals surface area contributed by atoms with Gasteiger partial charge in [-0.25, -0.2) is 0 Å². The highest BCUT2D eigenvalue weighted by molar-refractivity contribution is 5.48. The Bertz CT molecular complexity index is 476. The van der Waals surface area contributed by atoms with E-state index in [1.54, 1.807) is 0 Å². The molecule has 0 aliphatic heterocycles. The molecule has 5 rings (SSSR count). The van der Waals surface area contributed by atoms with E-state index in [0.29, 0.717) is 5.92 Å². The van der Waals surface area contributed by atoms with Crippen molar-refractivity contribution >= 4 is 6.08 Å².